The number of hydrogen-bond donors (Lipinski definition) is 1. The molecule has 142 valence electrons. The van der Waals surface area contributed by atoms with Crippen molar-refractivity contribution < 1.29 is 14.3 Å². The normalized spacial score (nSPS) is 14.5. The molecule has 0 atom stereocenters. The van der Waals surface area contributed by atoms with E-state index in [4.69, 9.17) is 4.74 Å². The van der Waals surface area contributed by atoms with Crippen LogP contribution in [0.3, 0.4) is 0 Å². The van der Waals surface area contributed by atoms with E-state index < -0.39 is 11.8 Å². The molecule has 1 fully saturated rings. The molecule has 2 amide bonds. The molecule has 0 aliphatic carbocycles. The van der Waals surface area contributed by atoms with Crippen molar-refractivity contribution in [3.05, 3.63) is 71.8 Å². The summed E-state index contributed by atoms with van der Waals surface area (Å²) in [7, 11) is 0. The Labute approximate surface area is 163 Å². The first-order valence-corrected chi connectivity index (χ1v) is 9.66. The van der Waals surface area contributed by atoms with E-state index in [1.54, 1.807) is 4.90 Å². The maximum Gasteiger partial charge on any atom is 0.320 e. The van der Waals surface area contributed by atoms with Crippen LogP contribution in [0, 0.1) is 0 Å². The minimum Gasteiger partial charge on any atom is -0.379 e. The number of rotatable bonds is 6. The molecule has 0 spiro atoms. The summed E-state index contributed by atoms with van der Waals surface area (Å²) in [6.07, 6.45) is 0. The largest absolute Gasteiger partial charge is 0.379 e. The van der Waals surface area contributed by atoms with E-state index in [1.807, 2.05) is 65.0 Å². The standard InChI is InChI=1S/C20H23N3O3S/c24-19(21-27-23-11-13-26-14-12-23)20(25)22(15-17-7-3-1-4-8-17)16-18-9-5-2-6-10-18/h1-10H,11-16H2,(H,21,24). The average molecular weight is 385 g/mol. The number of carbonyl (C=O) groups is 2. The zero-order chi connectivity index (χ0) is 18.9. The van der Waals surface area contributed by atoms with Crippen LogP contribution in [0.1, 0.15) is 11.1 Å². The lowest BCUT2D eigenvalue weighted by Crippen LogP contribution is -2.42. The van der Waals surface area contributed by atoms with E-state index in [0.717, 1.165) is 24.2 Å². The Morgan fingerprint density at radius 2 is 1.44 bits per heavy atom. The van der Waals surface area contributed by atoms with E-state index >= 15 is 0 Å². The third-order valence-corrected chi connectivity index (χ3v) is 5.05. The van der Waals surface area contributed by atoms with E-state index in [0.29, 0.717) is 26.3 Å². The van der Waals surface area contributed by atoms with Gasteiger partial charge in [-0.05, 0) is 11.1 Å². The fourth-order valence-electron chi connectivity index (χ4n) is 2.74. The Morgan fingerprint density at radius 3 is 1.96 bits per heavy atom. The molecule has 1 aliphatic heterocycles. The van der Waals surface area contributed by atoms with E-state index in [1.165, 1.54) is 12.1 Å². The first-order valence-electron chi connectivity index (χ1n) is 8.89. The molecule has 1 heterocycles. The molecule has 27 heavy (non-hydrogen) atoms. The Hall–Kier alpha value is -2.35. The number of hydrogen-bond acceptors (Lipinski definition) is 5. The molecule has 0 radical (unpaired) electrons. The molecule has 0 unspecified atom stereocenters. The summed E-state index contributed by atoms with van der Waals surface area (Å²) in [4.78, 5) is 26.8. The fourth-order valence-corrected chi connectivity index (χ4v) is 3.37. The van der Waals surface area contributed by atoms with Crippen molar-refractivity contribution in [2.75, 3.05) is 26.3 Å². The van der Waals surface area contributed by atoms with Crippen molar-refractivity contribution in [2.45, 2.75) is 13.1 Å². The van der Waals surface area contributed by atoms with Gasteiger partial charge in [-0.25, -0.2) is 4.31 Å². The summed E-state index contributed by atoms with van der Waals surface area (Å²) in [5.74, 6) is -1.15. The molecule has 0 bridgehead atoms. The van der Waals surface area contributed by atoms with Gasteiger partial charge in [0.2, 0.25) is 0 Å². The molecule has 7 heteroatoms. The fraction of sp³-hybridized carbons (Fsp3) is 0.300. The molecule has 6 nitrogen and oxygen atoms in total. The first-order chi connectivity index (χ1) is 13.2. The summed E-state index contributed by atoms with van der Waals surface area (Å²) in [6, 6.07) is 19.4. The number of amides is 2. The highest BCUT2D eigenvalue weighted by molar-refractivity contribution is 7.95. The Morgan fingerprint density at radius 1 is 0.926 bits per heavy atom. The minimum atomic E-state index is -0.613. The van der Waals surface area contributed by atoms with Crippen molar-refractivity contribution in [1.82, 2.24) is 13.9 Å². The van der Waals surface area contributed by atoms with Gasteiger partial charge < -0.3 is 9.64 Å². The second kappa shape index (κ2) is 10.1. The predicted octanol–water partition coefficient (Wildman–Crippen LogP) is 2.23. The van der Waals surface area contributed by atoms with Crippen LogP contribution in [-0.4, -0.2) is 47.3 Å². The lowest BCUT2D eigenvalue weighted by molar-refractivity contribution is -0.145. The molecule has 0 aromatic heterocycles. The van der Waals surface area contributed by atoms with Gasteiger partial charge in [0.25, 0.3) is 0 Å². The van der Waals surface area contributed by atoms with Crippen LogP contribution in [0.2, 0.25) is 0 Å². The Bertz CT molecular complexity index is 695. The van der Waals surface area contributed by atoms with Crippen LogP contribution in [0.4, 0.5) is 0 Å². The van der Waals surface area contributed by atoms with Crippen molar-refractivity contribution in [2.24, 2.45) is 0 Å². The van der Waals surface area contributed by atoms with Gasteiger partial charge in [-0.3, -0.25) is 14.3 Å². The van der Waals surface area contributed by atoms with Gasteiger partial charge in [0.05, 0.1) is 13.2 Å². The number of morpholine rings is 1. The van der Waals surface area contributed by atoms with Crippen LogP contribution in [0.15, 0.2) is 60.7 Å². The summed E-state index contributed by atoms with van der Waals surface area (Å²) in [5.41, 5.74) is 1.96. The Balaban J connectivity index is 1.64. The van der Waals surface area contributed by atoms with E-state index in [-0.39, 0.29) is 0 Å². The molecule has 1 aliphatic rings. The zero-order valence-corrected chi connectivity index (χ0v) is 15.9. The van der Waals surface area contributed by atoms with Gasteiger partial charge in [-0.15, -0.1) is 0 Å². The molecular formula is C20H23N3O3S. The highest BCUT2D eigenvalue weighted by atomic mass is 32.2. The highest BCUT2D eigenvalue weighted by Gasteiger charge is 2.23. The topological polar surface area (TPSA) is 61.9 Å². The van der Waals surface area contributed by atoms with E-state index in [9.17, 15) is 9.59 Å². The second-order valence-electron chi connectivity index (χ2n) is 6.20. The third-order valence-electron chi connectivity index (χ3n) is 4.15. The van der Waals surface area contributed by atoms with Crippen LogP contribution in [0.25, 0.3) is 0 Å². The molecule has 3 rings (SSSR count). The van der Waals surface area contributed by atoms with Crippen molar-refractivity contribution in [1.29, 1.82) is 0 Å². The quantitative estimate of drug-likeness (QED) is 0.610. The van der Waals surface area contributed by atoms with Gasteiger partial charge in [-0.1, -0.05) is 60.7 Å². The molecule has 0 saturated carbocycles. The smallest absolute Gasteiger partial charge is 0.320 e. The number of carbonyl (C=O) groups excluding carboxylic acids is 2. The maximum absolute atomic E-state index is 12.8. The SMILES string of the molecule is O=C(NSN1CCOCC1)C(=O)N(Cc1ccccc1)Cc1ccccc1. The average Bonchev–Trinajstić information content (AvgIpc) is 2.73. The van der Waals surface area contributed by atoms with Gasteiger partial charge in [0.1, 0.15) is 0 Å². The van der Waals surface area contributed by atoms with Crippen LogP contribution in [-0.2, 0) is 27.4 Å². The van der Waals surface area contributed by atoms with Crippen molar-refractivity contribution in [3.8, 4) is 0 Å². The van der Waals surface area contributed by atoms with Gasteiger partial charge >= 0.3 is 11.8 Å². The minimum absolute atomic E-state index is 0.379. The van der Waals surface area contributed by atoms with Crippen molar-refractivity contribution >= 4 is 23.9 Å². The first kappa shape index (κ1) is 19.4. The summed E-state index contributed by atoms with van der Waals surface area (Å²) < 4.78 is 9.92. The summed E-state index contributed by atoms with van der Waals surface area (Å²) in [5, 5.41) is 0. The lowest BCUT2D eigenvalue weighted by Gasteiger charge is -2.26. The molecular weight excluding hydrogens is 362 g/mol. The van der Waals surface area contributed by atoms with Gasteiger partial charge in [0, 0.05) is 38.3 Å². The third kappa shape index (κ3) is 6.09. The Kier molecular flexibility index (Phi) is 7.27. The van der Waals surface area contributed by atoms with Crippen LogP contribution >= 0.6 is 12.1 Å². The monoisotopic (exact) mass is 385 g/mol. The predicted molar refractivity (Wildman–Crippen MR) is 105 cm³/mol. The van der Waals surface area contributed by atoms with Crippen LogP contribution in [0.5, 0.6) is 0 Å². The lowest BCUT2D eigenvalue weighted by atomic mass is 10.1. The molecule has 2 aromatic carbocycles. The molecule has 1 N–H and O–H groups in total. The van der Waals surface area contributed by atoms with Crippen molar-refractivity contribution in [3.63, 3.8) is 0 Å². The number of ether oxygens (including phenoxy) is 1. The number of benzene rings is 2. The number of nitrogens with zero attached hydrogens (tertiary/aromatic N) is 2. The van der Waals surface area contributed by atoms with Gasteiger partial charge in [0.15, 0.2) is 0 Å². The summed E-state index contributed by atoms with van der Waals surface area (Å²) in [6.45, 7) is 3.46. The number of nitrogens with one attached hydrogen (secondary N) is 1. The maximum atomic E-state index is 12.8. The van der Waals surface area contributed by atoms with E-state index in [2.05, 4.69) is 4.72 Å². The van der Waals surface area contributed by atoms with Gasteiger partial charge in [-0.2, -0.15) is 0 Å². The molecule has 1 saturated heterocycles. The summed E-state index contributed by atoms with van der Waals surface area (Å²) >= 11 is 1.17. The molecule has 2 aromatic rings. The second-order valence-corrected chi connectivity index (χ2v) is 7.10. The zero-order valence-electron chi connectivity index (χ0n) is 15.0. The van der Waals surface area contributed by atoms with Crippen LogP contribution < -0.4 is 4.72 Å². The highest BCUT2D eigenvalue weighted by Crippen LogP contribution is 2.12.